The molecule has 3 unspecified atom stereocenters. The Kier molecular flexibility index (Phi) is 6.20. The molecule has 33 heavy (non-hydrogen) atoms. The number of hydrogen-bond donors (Lipinski definition) is 3. The van der Waals surface area contributed by atoms with Crippen molar-refractivity contribution >= 4 is 41.4 Å². The molecule has 3 aliphatic heterocycles. The van der Waals surface area contributed by atoms with E-state index in [0.29, 0.717) is 31.1 Å². The molecule has 5 rings (SSSR count). The average Bonchev–Trinajstić information content (AvgIpc) is 3.53. The van der Waals surface area contributed by atoms with Gasteiger partial charge in [-0.25, -0.2) is 14.8 Å². The largest absolute Gasteiger partial charge is 0.454 e. The number of amides is 1. The molecule has 1 saturated heterocycles. The summed E-state index contributed by atoms with van der Waals surface area (Å²) in [6, 6.07) is 7.24. The van der Waals surface area contributed by atoms with Crippen LogP contribution in [0.15, 0.2) is 30.6 Å². The van der Waals surface area contributed by atoms with Crippen molar-refractivity contribution in [3.05, 3.63) is 41.7 Å². The summed E-state index contributed by atoms with van der Waals surface area (Å²) in [6.45, 7) is 0.900. The number of carbonyl (C=O) groups excluding carboxylic acids is 2. The highest BCUT2D eigenvalue weighted by atomic mass is 32.2. The summed E-state index contributed by atoms with van der Waals surface area (Å²) < 4.78 is 19.6. The van der Waals surface area contributed by atoms with E-state index in [0.717, 1.165) is 42.1 Å². The maximum Gasteiger partial charge on any atom is 0.339 e. The van der Waals surface area contributed by atoms with Crippen molar-refractivity contribution in [2.75, 3.05) is 29.2 Å². The third-order valence-electron chi connectivity index (χ3n) is 5.87. The molecule has 12 heteroatoms. The van der Waals surface area contributed by atoms with Gasteiger partial charge >= 0.3 is 5.97 Å². The Morgan fingerprint density at radius 2 is 2.21 bits per heavy atom. The maximum absolute atomic E-state index is 12.1. The van der Waals surface area contributed by atoms with Gasteiger partial charge in [0.1, 0.15) is 36.6 Å². The number of hydrogen-bond acceptors (Lipinski definition) is 11. The van der Waals surface area contributed by atoms with E-state index in [1.807, 2.05) is 17.0 Å². The van der Waals surface area contributed by atoms with E-state index in [1.165, 1.54) is 6.33 Å². The molecule has 0 radical (unpaired) electrons. The van der Waals surface area contributed by atoms with Gasteiger partial charge < -0.3 is 25.4 Å². The van der Waals surface area contributed by atoms with Crippen molar-refractivity contribution in [2.24, 2.45) is 0 Å². The van der Waals surface area contributed by atoms with Crippen molar-refractivity contribution in [1.29, 1.82) is 0 Å². The second kappa shape index (κ2) is 9.41. The van der Waals surface area contributed by atoms with Gasteiger partial charge in [0.05, 0.1) is 24.9 Å². The van der Waals surface area contributed by atoms with Crippen LogP contribution in [0.1, 0.15) is 47.7 Å². The molecule has 11 nitrogen and oxygen atoms in total. The van der Waals surface area contributed by atoms with Gasteiger partial charge in [0, 0.05) is 12.0 Å². The van der Waals surface area contributed by atoms with Gasteiger partial charge in [0.25, 0.3) is 0 Å². The first-order valence-electron chi connectivity index (χ1n) is 10.7. The number of nitrogen functional groups attached to an aromatic ring is 1. The molecule has 1 fully saturated rings. The first-order chi connectivity index (χ1) is 16.1. The number of benzene rings is 1. The van der Waals surface area contributed by atoms with E-state index in [2.05, 4.69) is 20.0 Å². The zero-order valence-corrected chi connectivity index (χ0v) is 18.5. The fourth-order valence-electron chi connectivity index (χ4n) is 4.23. The Balaban J connectivity index is 1.01. The van der Waals surface area contributed by atoms with E-state index in [9.17, 15) is 9.59 Å². The predicted molar refractivity (Wildman–Crippen MR) is 121 cm³/mol. The molecular formula is C21H24N6O5S. The number of nitrogens with one attached hydrogen (secondary N) is 2. The Hall–Kier alpha value is -3.09. The van der Waals surface area contributed by atoms with E-state index >= 15 is 0 Å². The molecule has 1 amide bonds. The van der Waals surface area contributed by atoms with Crippen molar-refractivity contribution < 1.29 is 23.2 Å². The minimum Gasteiger partial charge on any atom is -0.454 e. The zero-order chi connectivity index (χ0) is 22.8. The van der Waals surface area contributed by atoms with Crippen LogP contribution in [-0.2, 0) is 18.5 Å². The third kappa shape index (κ3) is 4.54. The van der Waals surface area contributed by atoms with Crippen LogP contribution in [0.5, 0.6) is 0 Å². The smallest absolute Gasteiger partial charge is 0.339 e. The molecule has 2 aromatic rings. The lowest BCUT2D eigenvalue weighted by atomic mass is 10.0. The van der Waals surface area contributed by atoms with Crippen molar-refractivity contribution in [3.8, 4) is 0 Å². The van der Waals surface area contributed by atoms with Gasteiger partial charge in [-0.2, -0.15) is 0 Å². The van der Waals surface area contributed by atoms with Crippen molar-refractivity contribution in [2.45, 2.75) is 44.1 Å². The summed E-state index contributed by atoms with van der Waals surface area (Å²) in [5.74, 6) is 0.629. The van der Waals surface area contributed by atoms with Gasteiger partial charge in [0.2, 0.25) is 5.91 Å². The maximum atomic E-state index is 12.1. The van der Waals surface area contributed by atoms with E-state index in [1.54, 1.807) is 12.1 Å². The van der Waals surface area contributed by atoms with Gasteiger partial charge in [-0.05, 0) is 25.3 Å². The quantitative estimate of drug-likeness (QED) is 0.225. The van der Waals surface area contributed by atoms with E-state index < -0.39 is 0 Å². The third-order valence-corrected chi connectivity index (χ3v) is 6.43. The highest BCUT2D eigenvalue weighted by Gasteiger charge is 2.35. The van der Waals surface area contributed by atoms with Crippen LogP contribution in [0.25, 0.3) is 0 Å². The Bertz CT molecular complexity index is 1060. The Morgan fingerprint density at radius 1 is 1.33 bits per heavy atom. The molecule has 0 aliphatic carbocycles. The number of esters is 1. The highest BCUT2D eigenvalue weighted by molar-refractivity contribution is 7.93. The summed E-state index contributed by atoms with van der Waals surface area (Å²) in [6.07, 6.45) is 3.14. The monoisotopic (exact) mass is 472 g/mol. The first-order valence-corrected chi connectivity index (χ1v) is 11.5. The second-order valence-corrected chi connectivity index (χ2v) is 8.57. The predicted octanol–water partition coefficient (Wildman–Crippen LogP) is 2.14. The summed E-state index contributed by atoms with van der Waals surface area (Å²) in [4.78, 5) is 34.3. The van der Waals surface area contributed by atoms with Crippen LogP contribution < -0.4 is 20.7 Å². The molecule has 0 saturated carbocycles. The number of ether oxygens (including phenoxy) is 2. The standard InChI is InChI=1S/C21H24N6O5S/c22-19-18-20(24-10-23-19)27(11-25-18)17-8-5-12(31-17)9-30-33-26-16(28)7-6-15-13-3-1-2-4-14(13)21(29)32-15/h1-4,10,12,15,17,25H,5-9,11H2,(H,26,28)(H2,22,23,24). The van der Waals surface area contributed by atoms with Gasteiger partial charge in [-0.3, -0.25) is 13.7 Å². The normalized spacial score (nSPS) is 23.1. The SMILES string of the molecule is Nc1ncnc2c1NCN2C1CCC(COSNC(=O)CCC2OC(=O)c3ccccc32)O1. The summed E-state index contributed by atoms with van der Waals surface area (Å²) in [5.41, 5.74) is 8.02. The lowest BCUT2D eigenvalue weighted by Crippen LogP contribution is -2.36. The topological polar surface area (TPSA) is 141 Å². The highest BCUT2D eigenvalue weighted by Crippen LogP contribution is 2.37. The average molecular weight is 473 g/mol. The second-order valence-electron chi connectivity index (χ2n) is 7.97. The number of aromatic nitrogens is 2. The molecule has 0 spiro atoms. The number of cyclic esters (lactones) is 1. The van der Waals surface area contributed by atoms with Crippen LogP contribution in [0.3, 0.4) is 0 Å². The number of fused-ring (bicyclic) bond motifs is 2. The van der Waals surface area contributed by atoms with Crippen LogP contribution in [0.4, 0.5) is 17.3 Å². The van der Waals surface area contributed by atoms with Gasteiger partial charge in [-0.15, -0.1) is 0 Å². The number of nitrogens with zero attached hydrogens (tertiary/aromatic N) is 3. The van der Waals surface area contributed by atoms with Crippen LogP contribution in [0.2, 0.25) is 0 Å². The molecule has 1 aromatic carbocycles. The lowest BCUT2D eigenvalue weighted by Gasteiger charge is -2.24. The van der Waals surface area contributed by atoms with E-state index in [4.69, 9.17) is 19.4 Å². The van der Waals surface area contributed by atoms with Crippen molar-refractivity contribution in [1.82, 2.24) is 14.7 Å². The summed E-state index contributed by atoms with van der Waals surface area (Å²) >= 11 is 0.890. The van der Waals surface area contributed by atoms with Crippen LogP contribution >= 0.6 is 12.2 Å². The van der Waals surface area contributed by atoms with Crippen LogP contribution in [-0.4, -0.2) is 47.5 Å². The number of carbonyl (C=O) groups is 2. The fraction of sp³-hybridized carbons (Fsp3) is 0.429. The lowest BCUT2D eigenvalue weighted by molar-refractivity contribution is -0.119. The molecule has 1 aromatic heterocycles. The summed E-state index contributed by atoms with van der Waals surface area (Å²) in [7, 11) is 0. The minimum atomic E-state index is -0.389. The van der Waals surface area contributed by atoms with Crippen molar-refractivity contribution in [3.63, 3.8) is 0 Å². The van der Waals surface area contributed by atoms with Crippen LogP contribution in [0, 0.1) is 0 Å². The summed E-state index contributed by atoms with van der Waals surface area (Å²) in [5, 5.41) is 3.20. The number of rotatable bonds is 8. The minimum absolute atomic E-state index is 0.0861. The molecular weight excluding hydrogens is 448 g/mol. The molecule has 3 atom stereocenters. The number of anilines is 3. The molecule has 174 valence electrons. The van der Waals surface area contributed by atoms with Gasteiger partial charge in [0.15, 0.2) is 11.6 Å². The van der Waals surface area contributed by atoms with E-state index in [-0.39, 0.29) is 36.7 Å². The first kappa shape index (κ1) is 21.7. The molecule has 0 bridgehead atoms. The molecule has 3 aliphatic rings. The number of nitrogens with two attached hydrogens (primary N) is 1. The zero-order valence-electron chi connectivity index (χ0n) is 17.7. The fourth-order valence-corrected chi connectivity index (χ4v) is 4.70. The Morgan fingerprint density at radius 3 is 3.12 bits per heavy atom. The van der Waals surface area contributed by atoms with Gasteiger partial charge in [-0.1, -0.05) is 18.2 Å². The molecule has 4 N–H and O–H groups in total. The Labute approximate surface area is 194 Å². The molecule has 4 heterocycles.